The number of urea groups is 1. The van der Waals surface area contributed by atoms with E-state index in [9.17, 15) is 19.8 Å². The van der Waals surface area contributed by atoms with Gasteiger partial charge in [0.1, 0.15) is 6.10 Å². The van der Waals surface area contributed by atoms with Gasteiger partial charge in [-0.1, -0.05) is 42.5 Å². The molecule has 0 saturated carbocycles. The molecular formula is C17H18N2O4. The summed E-state index contributed by atoms with van der Waals surface area (Å²) in [5, 5.41) is 24.3. The molecule has 0 saturated heterocycles. The van der Waals surface area contributed by atoms with Gasteiger partial charge >= 0.3 is 12.0 Å². The van der Waals surface area contributed by atoms with Gasteiger partial charge in [-0.25, -0.2) is 9.59 Å². The maximum Gasteiger partial charge on any atom is 0.329 e. The van der Waals surface area contributed by atoms with Gasteiger partial charge < -0.3 is 20.8 Å². The first kappa shape index (κ1) is 16.5. The lowest BCUT2D eigenvalue weighted by molar-refractivity contribution is -0.142. The SMILES string of the molecule is Cc1cccc(NC(=O)NC(C(=O)O)C(O)c2ccccc2)c1. The van der Waals surface area contributed by atoms with E-state index in [-0.39, 0.29) is 0 Å². The minimum absolute atomic E-state index is 0.413. The van der Waals surface area contributed by atoms with Crippen LogP contribution in [0.1, 0.15) is 17.2 Å². The minimum atomic E-state index is -1.46. The number of aliphatic carboxylic acids is 1. The zero-order chi connectivity index (χ0) is 16.8. The third kappa shape index (κ3) is 4.55. The van der Waals surface area contributed by atoms with Crippen LogP contribution in [0.2, 0.25) is 0 Å². The Bertz CT molecular complexity index is 688. The normalized spacial score (nSPS) is 13.0. The molecule has 4 N–H and O–H groups in total. The van der Waals surface area contributed by atoms with E-state index in [2.05, 4.69) is 10.6 Å². The van der Waals surface area contributed by atoms with Crippen LogP contribution < -0.4 is 10.6 Å². The molecule has 2 aromatic rings. The third-order valence-corrected chi connectivity index (χ3v) is 3.29. The molecule has 0 spiro atoms. The Labute approximate surface area is 133 Å². The molecule has 2 aromatic carbocycles. The number of aliphatic hydroxyl groups excluding tert-OH is 1. The van der Waals surface area contributed by atoms with E-state index in [1.165, 1.54) is 0 Å². The fraction of sp³-hybridized carbons (Fsp3) is 0.176. The Morgan fingerprint density at radius 1 is 1.04 bits per heavy atom. The van der Waals surface area contributed by atoms with Crippen molar-refractivity contribution in [1.82, 2.24) is 5.32 Å². The molecule has 23 heavy (non-hydrogen) atoms. The standard InChI is InChI=1S/C17H18N2O4/c1-11-6-5-9-13(10-11)18-17(23)19-14(16(21)22)15(20)12-7-3-2-4-8-12/h2-10,14-15,20H,1H3,(H,21,22)(H2,18,19,23). The topological polar surface area (TPSA) is 98.7 Å². The van der Waals surface area contributed by atoms with Crippen molar-refractivity contribution >= 4 is 17.7 Å². The Morgan fingerprint density at radius 3 is 2.35 bits per heavy atom. The predicted molar refractivity (Wildman–Crippen MR) is 86.2 cm³/mol. The summed E-state index contributed by atoms with van der Waals surface area (Å²) in [6.07, 6.45) is -1.35. The number of nitrogens with one attached hydrogen (secondary N) is 2. The number of hydrogen-bond acceptors (Lipinski definition) is 3. The molecule has 2 rings (SSSR count). The van der Waals surface area contributed by atoms with Crippen LogP contribution in [-0.2, 0) is 4.79 Å². The first-order valence-electron chi connectivity index (χ1n) is 7.07. The molecule has 0 aliphatic carbocycles. The van der Waals surface area contributed by atoms with E-state index >= 15 is 0 Å². The molecule has 2 atom stereocenters. The number of carboxylic acids is 1. The van der Waals surface area contributed by atoms with Crippen molar-refractivity contribution in [2.75, 3.05) is 5.32 Å². The molecule has 0 aliphatic rings. The number of amides is 2. The summed E-state index contributed by atoms with van der Waals surface area (Å²) in [7, 11) is 0. The fourth-order valence-electron chi connectivity index (χ4n) is 2.15. The van der Waals surface area contributed by atoms with Crippen molar-refractivity contribution < 1.29 is 19.8 Å². The van der Waals surface area contributed by atoms with Crippen molar-refractivity contribution in [3.05, 3.63) is 65.7 Å². The number of aliphatic hydroxyl groups is 1. The molecule has 0 aromatic heterocycles. The number of carbonyl (C=O) groups is 2. The maximum absolute atomic E-state index is 12.0. The van der Waals surface area contributed by atoms with Crippen LogP contribution in [-0.4, -0.2) is 28.3 Å². The molecule has 0 heterocycles. The number of carbonyl (C=O) groups excluding carboxylic acids is 1. The Hall–Kier alpha value is -2.86. The summed E-state index contributed by atoms with van der Waals surface area (Å²) in [5.74, 6) is -1.32. The molecule has 2 amide bonds. The lowest BCUT2D eigenvalue weighted by atomic mass is 10.0. The molecule has 0 bridgehead atoms. The van der Waals surface area contributed by atoms with Crippen LogP contribution in [0.15, 0.2) is 54.6 Å². The number of rotatable bonds is 5. The first-order chi connectivity index (χ1) is 11.0. The molecule has 120 valence electrons. The highest BCUT2D eigenvalue weighted by atomic mass is 16.4. The summed E-state index contributed by atoms with van der Waals surface area (Å²) in [5.41, 5.74) is 1.92. The lowest BCUT2D eigenvalue weighted by Crippen LogP contribution is -2.46. The largest absolute Gasteiger partial charge is 0.480 e. The van der Waals surface area contributed by atoms with Crippen LogP contribution in [0.5, 0.6) is 0 Å². The van der Waals surface area contributed by atoms with Crippen molar-refractivity contribution in [3.63, 3.8) is 0 Å². The summed E-state index contributed by atoms with van der Waals surface area (Å²) in [4.78, 5) is 23.3. The van der Waals surface area contributed by atoms with Gasteiger partial charge in [0.15, 0.2) is 6.04 Å². The van der Waals surface area contributed by atoms with Crippen LogP contribution in [0.25, 0.3) is 0 Å². The van der Waals surface area contributed by atoms with Gasteiger partial charge in [-0.3, -0.25) is 0 Å². The van der Waals surface area contributed by atoms with Crippen molar-refractivity contribution in [2.45, 2.75) is 19.1 Å². The molecule has 0 fully saturated rings. The summed E-state index contributed by atoms with van der Waals surface area (Å²) in [6.45, 7) is 1.88. The highest BCUT2D eigenvalue weighted by Gasteiger charge is 2.29. The summed E-state index contributed by atoms with van der Waals surface area (Å²) >= 11 is 0. The van der Waals surface area contributed by atoms with Gasteiger partial charge in [0, 0.05) is 5.69 Å². The van der Waals surface area contributed by atoms with E-state index < -0.39 is 24.1 Å². The van der Waals surface area contributed by atoms with Gasteiger partial charge in [-0.15, -0.1) is 0 Å². The first-order valence-corrected chi connectivity index (χ1v) is 7.07. The second-order valence-electron chi connectivity index (χ2n) is 5.14. The van der Waals surface area contributed by atoms with Crippen LogP contribution in [0, 0.1) is 6.92 Å². The Balaban J connectivity index is 2.07. The van der Waals surface area contributed by atoms with Gasteiger partial charge in [0.2, 0.25) is 0 Å². The summed E-state index contributed by atoms with van der Waals surface area (Å²) in [6, 6.07) is 13.3. The van der Waals surface area contributed by atoms with Gasteiger partial charge in [-0.05, 0) is 30.2 Å². The minimum Gasteiger partial charge on any atom is -0.480 e. The highest BCUT2D eigenvalue weighted by molar-refractivity contribution is 5.92. The number of carboxylic acid groups (broad SMARTS) is 1. The maximum atomic E-state index is 12.0. The van der Waals surface area contributed by atoms with E-state index in [4.69, 9.17) is 0 Å². The van der Waals surface area contributed by atoms with Gasteiger partial charge in [-0.2, -0.15) is 0 Å². The average Bonchev–Trinajstić information content (AvgIpc) is 2.52. The third-order valence-electron chi connectivity index (χ3n) is 3.29. The highest BCUT2D eigenvalue weighted by Crippen LogP contribution is 2.17. The van der Waals surface area contributed by atoms with E-state index in [1.54, 1.807) is 48.5 Å². The molecular weight excluding hydrogens is 296 g/mol. The Kier molecular flexibility index (Phi) is 5.32. The predicted octanol–water partition coefficient (Wildman–Crippen LogP) is 2.30. The van der Waals surface area contributed by atoms with Crippen molar-refractivity contribution in [3.8, 4) is 0 Å². The van der Waals surface area contributed by atoms with Crippen LogP contribution in [0.3, 0.4) is 0 Å². The average molecular weight is 314 g/mol. The molecule has 0 radical (unpaired) electrons. The van der Waals surface area contributed by atoms with Crippen molar-refractivity contribution in [1.29, 1.82) is 0 Å². The summed E-state index contributed by atoms with van der Waals surface area (Å²) < 4.78 is 0. The van der Waals surface area contributed by atoms with Gasteiger partial charge in [0.25, 0.3) is 0 Å². The fourth-order valence-corrected chi connectivity index (χ4v) is 2.15. The van der Waals surface area contributed by atoms with E-state index in [1.807, 2.05) is 13.0 Å². The molecule has 2 unspecified atom stereocenters. The van der Waals surface area contributed by atoms with E-state index in [0.717, 1.165) is 5.56 Å². The Morgan fingerprint density at radius 2 is 1.74 bits per heavy atom. The molecule has 6 heteroatoms. The van der Waals surface area contributed by atoms with Crippen LogP contribution in [0.4, 0.5) is 10.5 Å². The smallest absolute Gasteiger partial charge is 0.329 e. The zero-order valence-corrected chi connectivity index (χ0v) is 12.6. The zero-order valence-electron chi connectivity index (χ0n) is 12.6. The lowest BCUT2D eigenvalue weighted by Gasteiger charge is -2.21. The second kappa shape index (κ2) is 7.42. The second-order valence-corrected chi connectivity index (χ2v) is 5.14. The number of anilines is 1. The van der Waals surface area contributed by atoms with Gasteiger partial charge in [0.05, 0.1) is 0 Å². The quantitative estimate of drug-likeness (QED) is 0.680. The molecule has 0 aliphatic heterocycles. The molecule has 6 nitrogen and oxygen atoms in total. The monoisotopic (exact) mass is 314 g/mol. The van der Waals surface area contributed by atoms with Crippen LogP contribution >= 0.6 is 0 Å². The van der Waals surface area contributed by atoms with E-state index in [0.29, 0.717) is 11.3 Å². The number of hydrogen-bond donors (Lipinski definition) is 4. The number of aryl methyl sites for hydroxylation is 1. The number of benzene rings is 2. The van der Waals surface area contributed by atoms with Crippen molar-refractivity contribution in [2.24, 2.45) is 0 Å².